The zero-order chi connectivity index (χ0) is 41.5. The van der Waals surface area contributed by atoms with Gasteiger partial charge in [-0.25, -0.2) is 0 Å². The summed E-state index contributed by atoms with van der Waals surface area (Å²) >= 11 is 0. The van der Waals surface area contributed by atoms with Gasteiger partial charge >= 0.3 is 17.9 Å². The van der Waals surface area contributed by atoms with Crippen molar-refractivity contribution >= 4 is 17.9 Å². The number of esters is 3. The summed E-state index contributed by atoms with van der Waals surface area (Å²) in [5.41, 5.74) is 0. The molecule has 1 atom stereocenters. The Morgan fingerprint density at radius 1 is 0.368 bits per heavy atom. The summed E-state index contributed by atoms with van der Waals surface area (Å²) in [6.07, 6.45) is 56.0. The molecule has 0 saturated carbocycles. The molecule has 0 aliphatic rings. The Morgan fingerprint density at radius 2 is 0.702 bits per heavy atom. The maximum Gasteiger partial charge on any atom is 0.306 e. The Labute approximate surface area is 351 Å². The zero-order valence-corrected chi connectivity index (χ0v) is 37.1. The van der Waals surface area contributed by atoms with E-state index in [1.165, 1.54) is 89.9 Å². The summed E-state index contributed by atoms with van der Waals surface area (Å²) in [5, 5.41) is 0. The summed E-state index contributed by atoms with van der Waals surface area (Å²) in [6, 6.07) is 0. The molecule has 6 heteroatoms. The number of carbonyl (C=O) groups is 3. The lowest BCUT2D eigenvalue weighted by atomic mass is 10.1. The second kappa shape index (κ2) is 45.6. The molecular formula is C51H86O6. The first-order chi connectivity index (χ1) is 28.0. The minimum atomic E-state index is -0.797. The molecule has 0 aromatic rings. The van der Waals surface area contributed by atoms with Crippen LogP contribution in [-0.4, -0.2) is 37.2 Å². The minimum absolute atomic E-state index is 0.0945. The second-order valence-electron chi connectivity index (χ2n) is 15.4. The van der Waals surface area contributed by atoms with Gasteiger partial charge in [0.05, 0.1) is 0 Å². The molecule has 1 unspecified atom stereocenters. The molecule has 6 nitrogen and oxygen atoms in total. The van der Waals surface area contributed by atoms with E-state index in [-0.39, 0.29) is 31.1 Å². The van der Waals surface area contributed by atoms with E-state index in [0.717, 1.165) is 83.5 Å². The van der Waals surface area contributed by atoms with E-state index in [4.69, 9.17) is 14.2 Å². The third-order valence-corrected chi connectivity index (χ3v) is 9.82. The summed E-state index contributed by atoms with van der Waals surface area (Å²) in [5.74, 6) is -0.959. The van der Waals surface area contributed by atoms with Crippen molar-refractivity contribution in [1.82, 2.24) is 0 Å². The van der Waals surface area contributed by atoms with Gasteiger partial charge in [0.15, 0.2) is 6.10 Å². The molecule has 0 N–H and O–H groups in total. The van der Waals surface area contributed by atoms with Gasteiger partial charge in [-0.3, -0.25) is 14.4 Å². The molecule has 0 rings (SSSR count). The number of rotatable bonds is 41. The van der Waals surface area contributed by atoms with Crippen LogP contribution >= 0.6 is 0 Å². The fraction of sp³-hybridized carbons (Fsp3) is 0.706. The van der Waals surface area contributed by atoms with Crippen molar-refractivity contribution in [2.24, 2.45) is 0 Å². The first kappa shape index (κ1) is 53.9. The lowest BCUT2D eigenvalue weighted by Gasteiger charge is -2.18. The summed E-state index contributed by atoms with van der Waals surface area (Å²) in [7, 11) is 0. The summed E-state index contributed by atoms with van der Waals surface area (Å²) < 4.78 is 16.7. The van der Waals surface area contributed by atoms with Crippen molar-refractivity contribution in [3.8, 4) is 0 Å². The van der Waals surface area contributed by atoms with Crippen LogP contribution in [0.5, 0.6) is 0 Å². The highest BCUT2D eigenvalue weighted by atomic mass is 16.6. The molecule has 326 valence electrons. The lowest BCUT2D eigenvalue weighted by molar-refractivity contribution is -0.167. The number of carbonyl (C=O) groups excluding carboxylic acids is 3. The van der Waals surface area contributed by atoms with Crippen LogP contribution < -0.4 is 0 Å². The van der Waals surface area contributed by atoms with Gasteiger partial charge in [0.2, 0.25) is 0 Å². The van der Waals surface area contributed by atoms with Crippen LogP contribution in [0.4, 0.5) is 0 Å². The number of ether oxygens (including phenoxy) is 3. The fourth-order valence-electron chi connectivity index (χ4n) is 6.28. The third-order valence-electron chi connectivity index (χ3n) is 9.82. The van der Waals surface area contributed by atoms with Crippen molar-refractivity contribution in [3.63, 3.8) is 0 Å². The van der Waals surface area contributed by atoms with E-state index < -0.39 is 6.10 Å². The Morgan fingerprint density at radius 3 is 1.14 bits per heavy atom. The van der Waals surface area contributed by atoms with Crippen LogP contribution in [0.25, 0.3) is 0 Å². The molecule has 0 aromatic heterocycles. The maximum atomic E-state index is 12.7. The predicted molar refractivity (Wildman–Crippen MR) is 242 cm³/mol. The average Bonchev–Trinajstić information content (AvgIpc) is 3.21. The lowest BCUT2D eigenvalue weighted by Crippen LogP contribution is -2.30. The molecule has 0 bridgehead atoms. The van der Waals surface area contributed by atoms with Crippen LogP contribution in [0.2, 0.25) is 0 Å². The molecule has 0 aliphatic carbocycles. The highest BCUT2D eigenvalue weighted by Crippen LogP contribution is 2.13. The van der Waals surface area contributed by atoms with Crippen molar-refractivity contribution < 1.29 is 28.6 Å². The zero-order valence-electron chi connectivity index (χ0n) is 37.1. The first-order valence-electron chi connectivity index (χ1n) is 23.5. The fourth-order valence-corrected chi connectivity index (χ4v) is 6.28. The Kier molecular flexibility index (Phi) is 43.0. The van der Waals surface area contributed by atoms with E-state index in [1.54, 1.807) is 0 Å². The van der Waals surface area contributed by atoms with Crippen molar-refractivity contribution in [1.29, 1.82) is 0 Å². The van der Waals surface area contributed by atoms with Crippen LogP contribution in [-0.2, 0) is 28.6 Å². The van der Waals surface area contributed by atoms with Crippen molar-refractivity contribution in [3.05, 3.63) is 72.9 Å². The van der Waals surface area contributed by atoms with Crippen molar-refractivity contribution in [2.45, 2.75) is 219 Å². The number of unbranched alkanes of at least 4 members (excludes halogenated alkanes) is 22. The van der Waals surface area contributed by atoms with E-state index in [9.17, 15) is 14.4 Å². The van der Waals surface area contributed by atoms with E-state index >= 15 is 0 Å². The molecule has 0 aliphatic heterocycles. The third kappa shape index (κ3) is 43.8. The molecule has 0 radical (unpaired) electrons. The molecule has 0 spiro atoms. The standard InChI is InChI=1S/C51H86O6/c1-4-7-10-13-16-19-22-24-26-28-29-32-35-38-41-44-50(53)56-47-48(46-55-49(52)43-40-37-34-31-21-18-15-12-9-6-3)57-51(54)45-42-39-36-33-30-27-25-23-20-17-14-11-8-5-2/h7,10,13,16,19,22,24,26-30,48H,4-6,8-9,11-12,14-15,17-18,20-21,23,25,31-47H2,1-3H3/b10-7-,16-13-,22-19-,26-24-,29-28-,30-27-. The summed E-state index contributed by atoms with van der Waals surface area (Å²) in [6.45, 7) is 6.41. The predicted octanol–water partition coefficient (Wildman–Crippen LogP) is 15.1. The molecule has 0 fully saturated rings. The smallest absolute Gasteiger partial charge is 0.306 e. The highest BCUT2D eigenvalue weighted by molar-refractivity contribution is 5.71. The molecule has 0 heterocycles. The largest absolute Gasteiger partial charge is 0.462 e. The van der Waals surface area contributed by atoms with Gasteiger partial charge in [0, 0.05) is 19.3 Å². The van der Waals surface area contributed by atoms with Gasteiger partial charge in [-0.2, -0.15) is 0 Å². The van der Waals surface area contributed by atoms with E-state index in [2.05, 4.69) is 45.1 Å². The Hall–Kier alpha value is -3.15. The van der Waals surface area contributed by atoms with Crippen LogP contribution in [0.15, 0.2) is 72.9 Å². The molecule has 0 aromatic carbocycles. The molecular weight excluding hydrogens is 709 g/mol. The molecule has 0 saturated heterocycles. The van der Waals surface area contributed by atoms with E-state index in [1.807, 2.05) is 48.6 Å². The Bertz CT molecular complexity index is 1100. The first-order valence-corrected chi connectivity index (χ1v) is 23.5. The number of allylic oxidation sites excluding steroid dienone is 12. The van der Waals surface area contributed by atoms with Gasteiger partial charge in [0.25, 0.3) is 0 Å². The SMILES string of the molecule is CC\C=C/C=C\C=C/C=C\C=C/CCCCCC(=O)OCC(COC(=O)CCCCCCCCCCCC)OC(=O)CCCCC/C=C\CCCCCCCCC. The minimum Gasteiger partial charge on any atom is -0.462 e. The van der Waals surface area contributed by atoms with Crippen LogP contribution in [0.3, 0.4) is 0 Å². The van der Waals surface area contributed by atoms with Crippen LogP contribution in [0.1, 0.15) is 213 Å². The summed E-state index contributed by atoms with van der Waals surface area (Å²) in [4.78, 5) is 37.8. The quantitative estimate of drug-likeness (QED) is 0.0202. The Balaban J connectivity index is 4.48. The monoisotopic (exact) mass is 795 g/mol. The van der Waals surface area contributed by atoms with Gasteiger partial charge in [-0.1, -0.05) is 203 Å². The molecule has 57 heavy (non-hydrogen) atoms. The van der Waals surface area contributed by atoms with Crippen molar-refractivity contribution in [2.75, 3.05) is 13.2 Å². The topological polar surface area (TPSA) is 78.9 Å². The van der Waals surface area contributed by atoms with E-state index in [0.29, 0.717) is 19.3 Å². The normalized spacial score (nSPS) is 12.7. The second-order valence-corrected chi connectivity index (χ2v) is 15.4. The maximum absolute atomic E-state index is 12.7. The highest BCUT2D eigenvalue weighted by Gasteiger charge is 2.19. The number of hydrogen-bond donors (Lipinski definition) is 0. The van der Waals surface area contributed by atoms with Gasteiger partial charge < -0.3 is 14.2 Å². The van der Waals surface area contributed by atoms with Gasteiger partial charge in [-0.05, 0) is 64.2 Å². The molecule has 0 amide bonds. The van der Waals surface area contributed by atoms with Crippen LogP contribution in [0, 0.1) is 0 Å². The van der Waals surface area contributed by atoms with Gasteiger partial charge in [-0.15, -0.1) is 0 Å². The average molecular weight is 795 g/mol. The van der Waals surface area contributed by atoms with Gasteiger partial charge in [0.1, 0.15) is 13.2 Å². The number of hydrogen-bond acceptors (Lipinski definition) is 6.